The summed E-state index contributed by atoms with van der Waals surface area (Å²) in [5.41, 5.74) is 0.442. The number of amides is 1. The topological polar surface area (TPSA) is 79.6 Å². The number of methoxy groups -OCH3 is 1. The maximum absolute atomic E-state index is 13.0. The van der Waals surface area contributed by atoms with Crippen molar-refractivity contribution < 1.29 is 19.1 Å². The zero-order valence-corrected chi connectivity index (χ0v) is 16.3. The number of rotatable bonds is 3. The second kappa shape index (κ2) is 7.22. The molecule has 2 saturated heterocycles. The highest BCUT2D eigenvalue weighted by molar-refractivity contribution is 5.98. The first-order chi connectivity index (χ1) is 12.7. The molecular formula is C21H26N2O4. The van der Waals surface area contributed by atoms with Gasteiger partial charge < -0.3 is 14.4 Å². The molecule has 0 radical (unpaired) electrons. The fourth-order valence-corrected chi connectivity index (χ4v) is 4.18. The number of hydrogen-bond acceptors (Lipinski definition) is 5. The van der Waals surface area contributed by atoms with E-state index in [-0.39, 0.29) is 29.9 Å². The van der Waals surface area contributed by atoms with Crippen LogP contribution < -0.4 is 4.74 Å². The first-order valence-corrected chi connectivity index (χ1v) is 9.37. The minimum Gasteiger partial charge on any atom is -0.495 e. The number of carbonyl (C=O) groups excluding carboxylic acids is 2. The van der Waals surface area contributed by atoms with Crippen LogP contribution in [0, 0.1) is 17.2 Å². The van der Waals surface area contributed by atoms with Gasteiger partial charge in [0, 0.05) is 23.6 Å². The van der Waals surface area contributed by atoms with E-state index in [0.717, 1.165) is 12.8 Å². The van der Waals surface area contributed by atoms with Crippen LogP contribution in [0.5, 0.6) is 5.75 Å². The number of hydrogen-bond donors (Lipinski definition) is 0. The van der Waals surface area contributed by atoms with Crippen LogP contribution in [0.2, 0.25) is 0 Å². The van der Waals surface area contributed by atoms with Gasteiger partial charge in [-0.05, 0) is 64.7 Å². The lowest BCUT2D eigenvalue weighted by atomic mass is 9.84. The lowest BCUT2D eigenvalue weighted by molar-refractivity contribution is 0.00254. The van der Waals surface area contributed by atoms with Crippen molar-refractivity contribution in [1.29, 1.82) is 5.26 Å². The first kappa shape index (κ1) is 19.2. The molecule has 2 unspecified atom stereocenters. The van der Waals surface area contributed by atoms with Crippen LogP contribution in [0.4, 0.5) is 4.79 Å². The highest BCUT2D eigenvalue weighted by Gasteiger charge is 2.46. The zero-order chi connectivity index (χ0) is 19.8. The minimum absolute atomic E-state index is 0.0489. The molecule has 2 aliphatic heterocycles. The van der Waals surface area contributed by atoms with Crippen LogP contribution in [0.25, 0.3) is 0 Å². The quantitative estimate of drug-likeness (QED) is 0.753. The number of ketones is 1. The van der Waals surface area contributed by atoms with Crippen molar-refractivity contribution in [3.63, 3.8) is 0 Å². The summed E-state index contributed by atoms with van der Waals surface area (Å²) in [7, 11) is 1.49. The Kier molecular flexibility index (Phi) is 5.14. The molecule has 1 aromatic rings. The predicted octanol–water partition coefficient (Wildman–Crippen LogP) is 3.93. The smallest absolute Gasteiger partial charge is 0.410 e. The summed E-state index contributed by atoms with van der Waals surface area (Å²) in [6.45, 7) is 5.59. The van der Waals surface area contributed by atoms with Gasteiger partial charge in [0.25, 0.3) is 0 Å². The van der Waals surface area contributed by atoms with Crippen molar-refractivity contribution in [2.75, 3.05) is 7.11 Å². The third kappa shape index (κ3) is 3.92. The maximum Gasteiger partial charge on any atom is 0.410 e. The van der Waals surface area contributed by atoms with Crippen molar-refractivity contribution in [2.45, 2.75) is 64.1 Å². The van der Waals surface area contributed by atoms with E-state index < -0.39 is 5.60 Å². The molecule has 3 rings (SSSR count). The molecule has 2 atom stereocenters. The molecule has 6 heteroatoms. The van der Waals surface area contributed by atoms with Crippen LogP contribution in [0.3, 0.4) is 0 Å². The second-order valence-electron chi connectivity index (χ2n) is 8.33. The molecule has 1 aromatic carbocycles. The van der Waals surface area contributed by atoms with E-state index in [1.807, 2.05) is 25.7 Å². The van der Waals surface area contributed by atoms with Crippen LogP contribution in [0.15, 0.2) is 18.2 Å². The summed E-state index contributed by atoms with van der Waals surface area (Å²) in [6.07, 6.45) is 2.84. The van der Waals surface area contributed by atoms with Crippen LogP contribution in [-0.2, 0) is 4.74 Å². The van der Waals surface area contributed by atoms with Crippen LogP contribution >= 0.6 is 0 Å². The average Bonchev–Trinajstić information content (AvgIpc) is 2.89. The van der Waals surface area contributed by atoms with E-state index in [0.29, 0.717) is 29.7 Å². The largest absolute Gasteiger partial charge is 0.495 e. The monoisotopic (exact) mass is 370 g/mol. The third-order valence-corrected chi connectivity index (χ3v) is 5.31. The van der Waals surface area contributed by atoms with Gasteiger partial charge in [-0.15, -0.1) is 0 Å². The lowest BCUT2D eigenvalue weighted by Crippen LogP contribution is -2.49. The normalized spacial score (nSPS) is 24.3. The molecule has 27 heavy (non-hydrogen) atoms. The number of Topliss-reactive ketones (excluding diaryl/α,β-unsaturated/α-hetero) is 1. The molecular weight excluding hydrogens is 344 g/mol. The van der Waals surface area contributed by atoms with Crippen molar-refractivity contribution in [3.05, 3.63) is 29.3 Å². The molecule has 0 N–H and O–H groups in total. The fourth-order valence-electron chi connectivity index (χ4n) is 4.18. The number of nitriles is 1. The van der Waals surface area contributed by atoms with Gasteiger partial charge in [-0.2, -0.15) is 5.26 Å². The zero-order valence-electron chi connectivity index (χ0n) is 16.3. The molecule has 0 aliphatic carbocycles. The molecule has 2 heterocycles. The summed E-state index contributed by atoms with van der Waals surface area (Å²) in [5.74, 6) is 0.342. The predicted molar refractivity (Wildman–Crippen MR) is 99.6 cm³/mol. The number of fused-ring (bicyclic) bond motifs is 2. The molecule has 0 aromatic heterocycles. The SMILES string of the molecule is COc1cc(C(=O)C2CC3CCC(C2)N3C(=O)OC(C)(C)C)ccc1C#N. The number of benzene rings is 1. The Morgan fingerprint density at radius 2 is 1.81 bits per heavy atom. The molecule has 2 fully saturated rings. The fraction of sp³-hybridized carbons (Fsp3) is 0.571. The Labute approximate surface area is 160 Å². The Bertz CT molecular complexity index is 776. The summed E-state index contributed by atoms with van der Waals surface area (Å²) in [6, 6.07) is 7.11. The van der Waals surface area contributed by atoms with Gasteiger partial charge in [-0.3, -0.25) is 4.79 Å². The molecule has 2 bridgehead atoms. The van der Waals surface area contributed by atoms with Gasteiger partial charge in [-0.25, -0.2) is 4.79 Å². The molecule has 1 amide bonds. The molecule has 6 nitrogen and oxygen atoms in total. The number of carbonyl (C=O) groups is 2. The lowest BCUT2D eigenvalue weighted by Gasteiger charge is -2.39. The highest BCUT2D eigenvalue weighted by Crippen LogP contribution is 2.41. The van der Waals surface area contributed by atoms with E-state index in [9.17, 15) is 9.59 Å². The molecule has 144 valence electrons. The van der Waals surface area contributed by atoms with Gasteiger partial charge in [0.15, 0.2) is 5.78 Å². The third-order valence-electron chi connectivity index (χ3n) is 5.31. The van der Waals surface area contributed by atoms with E-state index in [1.165, 1.54) is 7.11 Å². The van der Waals surface area contributed by atoms with Crippen molar-refractivity contribution in [1.82, 2.24) is 4.90 Å². The average molecular weight is 370 g/mol. The van der Waals surface area contributed by atoms with E-state index in [4.69, 9.17) is 14.7 Å². The van der Waals surface area contributed by atoms with Gasteiger partial charge >= 0.3 is 6.09 Å². The summed E-state index contributed by atoms with van der Waals surface area (Å²) in [4.78, 5) is 27.4. The standard InChI is InChI=1S/C21H26N2O4/c1-21(2,3)27-20(25)23-16-7-8-17(23)10-15(9-16)19(24)13-5-6-14(12-22)18(11-13)26-4/h5-6,11,15-17H,7-10H2,1-4H3. The van der Waals surface area contributed by atoms with Gasteiger partial charge in [0.2, 0.25) is 0 Å². The van der Waals surface area contributed by atoms with Crippen molar-refractivity contribution in [2.24, 2.45) is 5.92 Å². The maximum atomic E-state index is 13.0. The van der Waals surface area contributed by atoms with Gasteiger partial charge in [-0.1, -0.05) is 0 Å². The molecule has 0 saturated carbocycles. The highest BCUT2D eigenvalue weighted by atomic mass is 16.6. The van der Waals surface area contributed by atoms with Crippen molar-refractivity contribution in [3.8, 4) is 11.8 Å². The van der Waals surface area contributed by atoms with Gasteiger partial charge in [0.05, 0.1) is 12.7 Å². The Morgan fingerprint density at radius 1 is 1.19 bits per heavy atom. The summed E-state index contributed by atoms with van der Waals surface area (Å²) >= 11 is 0. The Hall–Kier alpha value is -2.55. The van der Waals surface area contributed by atoms with Gasteiger partial charge in [0.1, 0.15) is 17.4 Å². The molecule has 0 spiro atoms. The van der Waals surface area contributed by atoms with E-state index >= 15 is 0 Å². The molecule has 2 aliphatic rings. The summed E-state index contributed by atoms with van der Waals surface area (Å²) in [5, 5.41) is 9.10. The first-order valence-electron chi connectivity index (χ1n) is 9.37. The van der Waals surface area contributed by atoms with Crippen molar-refractivity contribution >= 4 is 11.9 Å². The second-order valence-corrected chi connectivity index (χ2v) is 8.33. The Morgan fingerprint density at radius 3 is 2.33 bits per heavy atom. The van der Waals surface area contributed by atoms with Crippen LogP contribution in [0.1, 0.15) is 62.4 Å². The Balaban J connectivity index is 1.74. The summed E-state index contributed by atoms with van der Waals surface area (Å²) < 4.78 is 10.8. The minimum atomic E-state index is -0.526. The number of ether oxygens (including phenoxy) is 2. The number of nitrogens with zero attached hydrogens (tertiary/aromatic N) is 2. The van der Waals surface area contributed by atoms with E-state index in [1.54, 1.807) is 18.2 Å². The van der Waals surface area contributed by atoms with Crippen LogP contribution in [-0.4, -0.2) is 41.6 Å². The van der Waals surface area contributed by atoms with E-state index in [2.05, 4.69) is 6.07 Å². The number of piperidine rings is 1.